The standard InChI is InChI=1S/C15H15IN2O/c1-9-6-7-13(17)10(2)14(9)18-15(19)11-4-3-5-12(16)8-11/h3-8H,17H2,1-2H3,(H,18,19). The van der Waals surface area contributed by atoms with Gasteiger partial charge < -0.3 is 11.1 Å². The Morgan fingerprint density at radius 1 is 1.21 bits per heavy atom. The first-order valence-electron chi connectivity index (χ1n) is 5.91. The average Bonchev–Trinajstić information content (AvgIpc) is 2.39. The summed E-state index contributed by atoms with van der Waals surface area (Å²) in [6.45, 7) is 3.86. The monoisotopic (exact) mass is 366 g/mol. The Bertz CT molecular complexity index is 638. The van der Waals surface area contributed by atoms with Crippen molar-refractivity contribution >= 4 is 39.9 Å². The molecule has 4 heteroatoms. The lowest BCUT2D eigenvalue weighted by atomic mass is 10.1. The fourth-order valence-electron chi connectivity index (χ4n) is 1.87. The van der Waals surface area contributed by atoms with Gasteiger partial charge in [0.2, 0.25) is 0 Å². The van der Waals surface area contributed by atoms with Crippen molar-refractivity contribution in [3.8, 4) is 0 Å². The van der Waals surface area contributed by atoms with Crippen LogP contribution in [0.25, 0.3) is 0 Å². The predicted octanol–water partition coefficient (Wildman–Crippen LogP) is 3.74. The van der Waals surface area contributed by atoms with Gasteiger partial charge in [0.15, 0.2) is 0 Å². The zero-order chi connectivity index (χ0) is 14.0. The highest BCUT2D eigenvalue weighted by Crippen LogP contribution is 2.25. The summed E-state index contributed by atoms with van der Waals surface area (Å²) >= 11 is 2.19. The van der Waals surface area contributed by atoms with Crippen molar-refractivity contribution in [3.63, 3.8) is 0 Å². The maximum Gasteiger partial charge on any atom is 0.255 e. The van der Waals surface area contributed by atoms with E-state index in [1.165, 1.54) is 0 Å². The number of halogens is 1. The SMILES string of the molecule is Cc1ccc(N)c(C)c1NC(=O)c1cccc(I)c1. The molecule has 2 aromatic rings. The van der Waals surface area contributed by atoms with Gasteiger partial charge in [-0.3, -0.25) is 4.79 Å². The van der Waals surface area contributed by atoms with Gasteiger partial charge in [0.1, 0.15) is 0 Å². The number of benzene rings is 2. The van der Waals surface area contributed by atoms with Crippen LogP contribution in [0, 0.1) is 17.4 Å². The molecule has 0 spiro atoms. The quantitative estimate of drug-likeness (QED) is 0.629. The number of carbonyl (C=O) groups is 1. The third-order valence-electron chi connectivity index (χ3n) is 3.04. The number of nitrogens with two attached hydrogens (primary N) is 1. The van der Waals surface area contributed by atoms with Gasteiger partial charge in [-0.25, -0.2) is 0 Å². The Kier molecular flexibility index (Phi) is 4.09. The molecule has 2 rings (SSSR count). The van der Waals surface area contributed by atoms with E-state index in [0.29, 0.717) is 11.3 Å². The summed E-state index contributed by atoms with van der Waals surface area (Å²) in [6.07, 6.45) is 0. The summed E-state index contributed by atoms with van der Waals surface area (Å²) in [5, 5.41) is 2.94. The first-order valence-corrected chi connectivity index (χ1v) is 6.99. The van der Waals surface area contributed by atoms with Crippen molar-refractivity contribution in [2.75, 3.05) is 11.1 Å². The minimum Gasteiger partial charge on any atom is -0.398 e. The number of hydrogen-bond acceptors (Lipinski definition) is 2. The van der Waals surface area contributed by atoms with Crippen molar-refractivity contribution < 1.29 is 4.79 Å². The van der Waals surface area contributed by atoms with Crippen molar-refractivity contribution in [2.45, 2.75) is 13.8 Å². The first-order chi connectivity index (χ1) is 8.99. The highest BCUT2D eigenvalue weighted by atomic mass is 127. The van der Waals surface area contributed by atoms with E-state index in [1.54, 1.807) is 6.07 Å². The van der Waals surface area contributed by atoms with E-state index in [0.717, 1.165) is 20.4 Å². The molecule has 0 saturated heterocycles. The number of aryl methyl sites for hydroxylation is 1. The summed E-state index contributed by atoms with van der Waals surface area (Å²) in [7, 11) is 0. The highest BCUT2D eigenvalue weighted by molar-refractivity contribution is 14.1. The minimum absolute atomic E-state index is 0.115. The van der Waals surface area contributed by atoms with Crippen LogP contribution in [0.5, 0.6) is 0 Å². The molecule has 0 radical (unpaired) electrons. The van der Waals surface area contributed by atoms with Crippen LogP contribution < -0.4 is 11.1 Å². The number of amides is 1. The number of hydrogen-bond donors (Lipinski definition) is 2. The Hall–Kier alpha value is -1.56. The van der Waals surface area contributed by atoms with Gasteiger partial charge in [0, 0.05) is 20.5 Å². The van der Waals surface area contributed by atoms with Crippen molar-refractivity contribution in [2.24, 2.45) is 0 Å². The Labute approximate surface area is 126 Å². The molecule has 2 aromatic carbocycles. The molecular formula is C15H15IN2O. The number of nitrogens with one attached hydrogen (secondary N) is 1. The Morgan fingerprint density at radius 3 is 2.63 bits per heavy atom. The van der Waals surface area contributed by atoms with Gasteiger partial charge in [-0.05, 0) is 71.8 Å². The second-order valence-corrected chi connectivity index (χ2v) is 5.68. The van der Waals surface area contributed by atoms with E-state index in [2.05, 4.69) is 27.9 Å². The molecule has 3 N–H and O–H groups in total. The van der Waals surface area contributed by atoms with E-state index in [1.807, 2.05) is 44.2 Å². The molecule has 0 fully saturated rings. The highest BCUT2D eigenvalue weighted by Gasteiger charge is 2.11. The predicted molar refractivity (Wildman–Crippen MR) is 87.4 cm³/mol. The van der Waals surface area contributed by atoms with E-state index in [9.17, 15) is 4.79 Å². The molecular weight excluding hydrogens is 351 g/mol. The van der Waals surface area contributed by atoms with Crippen LogP contribution in [0.15, 0.2) is 36.4 Å². The minimum atomic E-state index is -0.115. The van der Waals surface area contributed by atoms with E-state index in [4.69, 9.17) is 5.73 Å². The smallest absolute Gasteiger partial charge is 0.255 e. The first kappa shape index (κ1) is 13.9. The lowest BCUT2D eigenvalue weighted by Gasteiger charge is -2.13. The topological polar surface area (TPSA) is 55.1 Å². The average molecular weight is 366 g/mol. The lowest BCUT2D eigenvalue weighted by Crippen LogP contribution is -2.14. The van der Waals surface area contributed by atoms with Crippen LogP contribution in [-0.2, 0) is 0 Å². The molecule has 98 valence electrons. The van der Waals surface area contributed by atoms with Crippen LogP contribution in [0.1, 0.15) is 21.5 Å². The molecule has 1 amide bonds. The van der Waals surface area contributed by atoms with Crippen molar-refractivity contribution in [3.05, 3.63) is 56.7 Å². The molecule has 0 aliphatic heterocycles. The molecule has 0 heterocycles. The molecule has 0 saturated carbocycles. The maximum atomic E-state index is 12.2. The van der Waals surface area contributed by atoms with Crippen LogP contribution in [0.4, 0.5) is 11.4 Å². The van der Waals surface area contributed by atoms with Crippen molar-refractivity contribution in [1.29, 1.82) is 0 Å². The third kappa shape index (κ3) is 3.07. The van der Waals surface area contributed by atoms with E-state index in [-0.39, 0.29) is 5.91 Å². The maximum absolute atomic E-state index is 12.2. The zero-order valence-electron chi connectivity index (χ0n) is 10.8. The molecule has 0 atom stereocenters. The number of rotatable bonds is 2. The third-order valence-corrected chi connectivity index (χ3v) is 3.71. The van der Waals surface area contributed by atoms with Gasteiger partial charge in [-0.2, -0.15) is 0 Å². The van der Waals surface area contributed by atoms with E-state index < -0.39 is 0 Å². The van der Waals surface area contributed by atoms with Crippen LogP contribution in [0.2, 0.25) is 0 Å². The van der Waals surface area contributed by atoms with Crippen LogP contribution in [0.3, 0.4) is 0 Å². The molecule has 0 aliphatic rings. The second-order valence-electron chi connectivity index (χ2n) is 4.44. The van der Waals surface area contributed by atoms with E-state index >= 15 is 0 Å². The largest absolute Gasteiger partial charge is 0.398 e. The van der Waals surface area contributed by atoms with Gasteiger partial charge in [0.25, 0.3) is 5.91 Å². The lowest BCUT2D eigenvalue weighted by molar-refractivity contribution is 0.102. The summed E-state index contributed by atoms with van der Waals surface area (Å²) < 4.78 is 1.03. The second kappa shape index (κ2) is 5.61. The number of nitrogen functional groups attached to an aromatic ring is 1. The molecule has 0 bridgehead atoms. The summed E-state index contributed by atoms with van der Waals surface area (Å²) in [5.41, 5.74) is 9.91. The van der Waals surface area contributed by atoms with Gasteiger partial charge in [-0.1, -0.05) is 12.1 Å². The normalized spacial score (nSPS) is 10.3. The van der Waals surface area contributed by atoms with Gasteiger partial charge in [0.05, 0.1) is 0 Å². The molecule has 3 nitrogen and oxygen atoms in total. The van der Waals surface area contributed by atoms with Gasteiger partial charge >= 0.3 is 0 Å². The molecule has 19 heavy (non-hydrogen) atoms. The van der Waals surface area contributed by atoms with Crippen LogP contribution >= 0.6 is 22.6 Å². The fourth-order valence-corrected chi connectivity index (χ4v) is 2.41. The molecule has 0 aliphatic carbocycles. The Balaban J connectivity index is 2.32. The summed E-state index contributed by atoms with van der Waals surface area (Å²) in [6, 6.07) is 11.2. The van der Waals surface area contributed by atoms with Gasteiger partial charge in [-0.15, -0.1) is 0 Å². The number of anilines is 2. The number of carbonyl (C=O) groups excluding carboxylic acids is 1. The molecule has 0 unspecified atom stereocenters. The summed E-state index contributed by atoms with van der Waals surface area (Å²) in [5.74, 6) is -0.115. The Morgan fingerprint density at radius 2 is 1.95 bits per heavy atom. The molecule has 0 aromatic heterocycles. The zero-order valence-corrected chi connectivity index (χ0v) is 13.0. The fraction of sp³-hybridized carbons (Fsp3) is 0.133. The summed E-state index contributed by atoms with van der Waals surface area (Å²) in [4.78, 5) is 12.2. The van der Waals surface area contributed by atoms with Crippen molar-refractivity contribution in [1.82, 2.24) is 0 Å². The van der Waals surface area contributed by atoms with Crippen LogP contribution in [-0.4, -0.2) is 5.91 Å².